The summed E-state index contributed by atoms with van der Waals surface area (Å²) < 4.78 is 6.28. The minimum atomic E-state index is -0.562. The molecule has 0 aliphatic heterocycles. The molecule has 5 rings (SSSR count). The predicted octanol–water partition coefficient (Wildman–Crippen LogP) is 7.03. The van der Waals surface area contributed by atoms with Gasteiger partial charge in [-0.3, -0.25) is 0 Å². The van der Waals surface area contributed by atoms with E-state index in [1.165, 1.54) is 16.7 Å². The molecule has 2 nitrogen and oxygen atoms in total. The molecule has 0 radical (unpaired) electrons. The fourth-order valence-electron chi connectivity index (χ4n) is 4.78. The first-order chi connectivity index (χ1) is 16.2. The van der Waals surface area contributed by atoms with Crippen molar-refractivity contribution in [2.45, 2.75) is 32.0 Å². The summed E-state index contributed by atoms with van der Waals surface area (Å²) in [6, 6.07) is 37.4. The zero-order chi connectivity index (χ0) is 22.6. The van der Waals surface area contributed by atoms with Gasteiger partial charge >= 0.3 is 0 Å². The topological polar surface area (TPSA) is 29.5 Å². The Balaban J connectivity index is 1.62. The summed E-state index contributed by atoms with van der Waals surface area (Å²) in [7, 11) is 0. The van der Waals surface area contributed by atoms with Gasteiger partial charge in [0.05, 0.1) is 6.10 Å². The summed E-state index contributed by atoms with van der Waals surface area (Å²) in [6.07, 6.45) is 0.100. The molecule has 0 saturated heterocycles. The van der Waals surface area contributed by atoms with E-state index in [0.717, 1.165) is 28.0 Å². The summed E-state index contributed by atoms with van der Waals surface area (Å²) in [4.78, 5) is 0. The smallest absolute Gasteiger partial charge is 0.127 e. The number of ether oxygens (including phenoxy) is 1. The van der Waals surface area contributed by atoms with E-state index in [-0.39, 0.29) is 5.92 Å². The van der Waals surface area contributed by atoms with Crippen LogP contribution >= 0.6 is 0 Å². The largest absolute Gasteiger partial charge is 0.488 e. The zero-order valence-corrected chi connectivity index (χ0v) is 18.8. The van der Waals surface area contributed by atoms with Crippen molar-refractivity contribution in [3.8, 4) is 5.75 Å². The lowest BCUT2D eigenvalue weighted by atomic mass is 9.86. The monoisotopic (exact) mass is 432 g/mol. The number of aryl methyl sites for hydroxylation is 1. The fraction of sp³-hybridized carbons (Fsp3) is 0.161. The van der Waals surface area contributed by atoms with Crippen LogP contribution in [-0.2, 0) is 6.61 Å². The first-order valence-electron chi connectivity index (χ1n) is 11.5. The Morgan fingerprint density at radius 1 is 0.727 bits per heavy atom. The Morgan fingerprint density at radius 2 is 1.36 bits per heavy atom. The average molecular weight is 433 g/mol. The molecule has 1 N–H and O–H groups in total. The van der Waals surface area contributed by atoms with Crippen LogP contribution < -0.4 is 4.74 Å². The van der Waals surface area contributed by atoms with Gasteiger partial charge in [0.15, 0.2) is 0 Å². The van der Waals surface area contributed by atoms with Crippen LogP contribution in [-0.4, -0.2) is 11.2 Å². The molecule has 164 valence electrons. The quantitative estimate of drug-likeness (QED) is 0.354. The van der Waals surface area contributed by atoms with Crippen LogP contribution in [0.4, 0.5) is 0 Å². The van der Waals surface area contributed by atoms with E-state index in [9.17, 15) is 5.11 Å². The summed E-state index contributed by atoms with van der Waals surface area (Å²) in [6.45, 7) is 2.59. The van der Waals surface area contributed by atoms with Crippen LogP contribution in [0.5, 0.6) is 5.75 Å². The van der Waals surface area contributed by atoms with Gasteiger partial charge in [0.25, 0.3) is 0 Å². The number of aliphatic hydroxyl groups is 1. The third-order valence-electron chi connectivity index (χ3n) is 6.41. The van der Waals surface area contributed by atoms with Gasteiger partial charge in [-0.25, -0.2) is 0 Å². The molecule has 1 aliphatic carbocycles. The normalized spacial score (nSPS) is 17.9. The Hall–Kier alpha value is -3.62. The number of hydrogen-bond acceptors (Lipinski definition) is 2. The molecule has 4 aromatic rings. The van der Waals surface area contributed by atoms with Gasteiger partial charge in [0.1, 0.15) is 12.4 Å². The minimum Gasteiger partial charge on any atom is -0.488 e. The third kappa shape index (κ3) is 4.48. The Labute approximate surface area is 195 Å². The van der Waals surface area contributed by atoms with Crippen LogP contribution in [0, 0.1) is 6.92 Å². The second-order valence-corrected chi connectivity index (χ2v) is 8.68. The van der Waals surface area contributed by atoms with Crippen LogP contribution in [0.15, 0.2) is 109 Å². The predicted molar refractivity (Wildman–Crippen MR) is 135 cm³/mol. The zero-order valence-electron chi connectivity index (χ0n) is 18.8. The van der Waals surface area contributed by atoms with Gasteiger partial charge in [-0.1, -0.05) is 109 Å². The Morgan fingerprint density at radius 3 is 2.09 bits per heavy atom. The molecule has 0 amide bonds. The molecule has 0 saturated carbocycles. The summed E-state index contributed by atoms with van der Waals surface area (Å²) in [5, 5.41) is 11.4. The van der Waals surface area contributed by atoms with E-state index in [0.29, 0.717) is 13.0 Å². The van der Waals surface area contributed by atoms with E-state index in [1.807, 2.05) is 42.5 Å². The highest BCUT2D eigenvalue weighted by Crippen LogP contribution is 2.50. The van der Waals surface area contributed by atoms with Crippen molar-refractivity contribution in [2.75, 3.05) is 0 Å². The highest BCUT2D eigenvalue weighted by Gasteiger charge is 2.36. The minimum absolute atomic E-state index is 0.126. The molecule has 4 aromatic carbocycles. The number of aliphatic hydroxyl groups excluding tert-OH is 1. The maximum absolute atomic E-state index is 11.4. The molecule has 0 heterocycles. The maximum Gasteiger partial charge on any atom is 0.127 e. The van der Waals surface area contributed by atoms with Crippen LogP contribution in [0.2, 0.25) is 0 Å². The van der Waals surface area contributed by atoms with E-state index in [4.69, 9.17) is 4.74 Å². The van der Waals surface area contributed by atoms with E-state index >= 15 is 0 Å². The van der Waals surface area contributed by atoms with Crippen molar-refractivity contribution in [1.82, 2.24) is 0 Å². The van der Waals surface area contributed by atoms with Gasteiger partial charge < -0.3 is 9.84 Å². The molecule has 33 heavy (non-hydrogen) atoms. The summed E-state index contributed by atoms with van der Waals surface area (Å²) >= 11 is 0. The first-order valence-corrected chi connectivity index (χ1v) is 11.5. The van der Waals surface area contributed by atoms with E-state index in [1.54, 1.807) is 0 Å². The van der Waals surface area contributed by atoms with Crippen LogP contribution in [0.1, 0.15) is 40.2 Å². The Kier molecular flexibility index (Phi) is 6.10. The first kappa shape index (κ1) is 21.2. The van der Waals surface area contributed by atoms with Gasteiger partial charge in [0, 0.05) is 11.5 Å². The van der Waals surface area contributed by atoms with E-state index in [2.05, 4.69) is 73.7 Å². The van der Waals surface area contributed by atoms with Crippen molar-refractivity contribution in [1.29, 1.82) is 0 Å². The van der Waals surface area contributed by atoms with Crippen molar-refractivity contribution in [2.24, 2.45) is 0 Å². The number of benzene rings is 4. The summed E-state index contributed by atoms with van der Waals surface area (Å²) in [5.74, 6) is 0.926. The fourth-order valence-corrected chi connectivity index (χ4v) is 4.78. The third-order valence-corrected chi connectivity index (χ3v) is 6.41. The Bertz CT molecular complexity index is 1240. The van der Waals surface area contributed by atoms with Gasteiger partial charge in [-0.15, -0.1) is 0 Å². The number of rotatable bonds is 6. The molecular formula is C31H28O2. The molecule has 0 bridgehead atoms. The highest BCUT2D eigenvalue weighted by atomic mass is 16.5. The highest BCUT2D eigenvalue weighted by molar-refractivity contribution is 5.99. The second kappa shape index (κ2) is 9.48. The SMILES string of the molecule is Cc1ccc(C2=C(c3ccccc3OCc3ccccc3)[C@@H](O)C[C@H]2c2ccccc2)cc1. The maximum atomic E-state index is 11.4. The molecule has 0 fully saturated rings. The number of para-hydroxylation sites is 1. The molecule has 0 aromatic heterocycles. The summed E-state index contributed by atoms with van der Waals surface area (Å²) in [5.41, 5.74) is 7.84. The number of hydrogen-bond donors (Lipinski definition) is 1. The standard InChI is InChI=1S/C31H28O2/c1-22-16-18-25(19-17-22)30-27(24-12-6-3-7-13-24)20-28(32)31(30)26-14-8-9-15-29(26)33-21-23-10-4-2-5-11-23/h2-19,27-28,32H,20-21H2,1H3/t27-,28-/m0/s1. The van der Waals surface area contributed by atoms with Crippen LogP contribution in [0.3, 0.4) is 0 Å². The molecular weight excluding hydrogens is 404 g/mol. The molecule has 2 heteroatoms. The lowest BCUT2D eigenvalue weighted by Gasteiger charge is -2.19. The van der Waals surface area contributed by atoms with Crippen molar-refractivity contribution in [3.63, 3.8) is 0 Å². The van der Waals surface area contributed by atoms with Gasteiger partial charge in [-0.05, 0) is 47.2 Å². The lowest BCUT2D eigenvalue weighted by molar-refractivity contribution is 0.225. The average Bonchev–Trinajstić information content (AvgIpc) is 3.21. The second-order valence-electron chi connectivity index (χ2n) is 8.68. The van der Waals surface area contributed by atoms with Gasteiger partial charge in [0.2, 0.25) is 0 Å². The van der Waals surface area contributed by atoms with Gasteiger partial charge in [-0.2, -0.15) is 0 Å². The van der Waals surface area contributed by atoms with Crippen molar-refractivity contribution in [3.05, 3.63) is 137 Å². The number of allylic oxidation sites excluding steroid dienone is 1. The van der Waals surface area contributed by atoms with Crippen LogP contribution in [0.25, 0.3) is 11.1 Å². The van der Waals surface area contributed by atoms with Crippen molar-refractivity contribution < 1.29 is 9.84 Å². The van der Waals surface area contributed by atoms with Crippen molar-refractivity contribution >= 4 is 11.1 Å². The van der Waals surface area contributed by atoms with E-state index < -0.39 is 6.10 Å². The molecule has 1 aliphatic rings. The molecule has 2 atom stereocenters. The molecule has 0 spiro atoms. The lowest BCUT2D eigenvalue weighted by Crippen LogP contribution is -2.07. The molecule has 0 unspecified atom stereocenters.